The van der Waals surface area contributed by atoms with Gasteiger partial charge in [0.25, 0.3) is 0 Å². The molecule has 2 heterocycles. The van der Waals surface area contributed by atoms with Crippen LogP contribution in [0.2, 0.25) is 0 Å². The fourth-order valence-electron chi connectivity index (χ4n) is 6.49. The number of benzene rings is 1. The molecule has 0 bridgehead atoms. The minimum atomic E-state index is -0.493. The Balaban J connectivity index is 1.29. The third-order valence-corrected chi connectivity index (χ3v) is 8.62. The van der Waals surface area contributed by atoms with Crippen molar-refractivity contribution in [3.63, 3.8) is 0 Å². The van der Waals surface area contributed by atoms with Gasteiger partial charge in [-0.3, -0.25) is 19.2 Å². The second kappa shape index (κ2) is 13.9. The topological polar surface area (TPSA) is 90.0 Å². The fourth-order valence-corrected chi connectivity index (χ4v) is 6.49. The molecule has 8 nitrogen and oxygen atoms in total. The number of hydrogen-bond acceptors (Lipinski definition) is 4. The van der Waals surface area contributed by atoms with Crippen LogP contribution in [0.25, 0.3) is 0 Å². The number of nitrogens with one attached hydrogen (secondary N) is 1. The van der Waals surface area contributed by atoms with Crippen molar-refractivity contribution in [3.8, 4) is 0 Å². The highest BCUT2D eigenvalue weighted by atomic mass is 16.2. The maximum absolute atomic E-state index is 13.2. The highest BCUT2D eigenvalue weighted by molar-refractivity contribution is 6.36. The Hall–Kier alpha value is -2.90. The first kappa shape index (κ1) is 29.1. The molecule has 0 spiro atoms. The molecule has 214 valence electrons. The monoisotopic (exact) mass is 538 g/mol. The number of rotatable bonds is 12. The molecule has 3 aliphatic rings. The summed E-state index contributed by atoms with van der Waals surface area (Å²) in [4.78, 5) is 56.3. The molecule has 1 aromatic rings. The van der Waals surface area contributed by atoms with E-state index in [4.69, 9.17) is 0 Å². The van der Waals surface area contributed by atoms with Crippen LogP contribution in [0.5, 0.6) is 0 Å². The van der Waals surface area contributed by atoms with E-state index in [0.29, 0.717) is 44.6 Å². The molecule has 1 aliphatic carbocycles. The van der Waals surface area contributed by atoms with Gasteiger partial charge >= 0.3 is 23.6 Å². The SMILES string of the molecule is CC(C)C[C@H]1CN(CCCC[C@H]2CNC(=O)C(=O)N2CC2CCCCC2)C(=O)C(=O)N1CCc1ccccc1. The highest BCUT2D eigenvalue weighted by Gasteiger charge is 2.39. The van der Waals surface area contributed by atoms with E-state index in [0.717, 1.165) is 44.9 Å². The lowest BCUT2D eigenvalue weighted by molar-refractivity contribution is -0.159. The smallest absolute Gasteiger partial charge is 0.312 e. The molecule has 2 saturated heterocycles. The lowest BCUT2D eigenvalue weighted by Gasteiger charge is -2.41. The summed E-state index contributed by atoms with van der Waals surface area (Å²) in [6.07, 6.45) is 9.91. The van der Waals surface area contributed by atoms with Gasteiger partial charge in [-0.25, -0.2) is 0 Å². The Bertz CT molecular complexity index is 992. The quantitative estimate of drug-likeness (QED) is 0.326. The Morgan fingerprint density at radius 3 is 2.31 bits per heavy atom. The fraction of sp³-hybridized carbons (Fsp3) is 0.677. The number of carbonyl (C=O) groups is 4. The molecule has 3 fully saturated rings. The predicted octanol–water partition coefficient (Wildman–Crippen LogP) is 3.39. The van der Waals surface area contributed by atoms with E-state index in [2.05, 4.69) is 31.3 Å². The number of hydrogen-bond donors (Lipinski definition) is 1. The van der Waals surface area contributed by atoms with E-state index in [9.17, 15) is 19.2 Å². The summed E-state index contributed by atoms with van der Waals surface area (Å²) in [7, 11) is 0. The van der Waals surface area contributed by atoms with Crippen LogP contribution in [0.3, 0.4) is 0 Å². The Labute approximate surface area is 233 Å². The number of nitrogens with zero attached hydrogens (tertiary/aromatic N) is 3. The number of carbonyl (C=O) groups excluding carboxylic acids is 4. The molecular weight excluding hydrogens is 492 g/mol. The lowest BCUT2D eigenvalue weighted by Crippen LogP contribution is -2.60. The third kappa shape index (κ3) is 7.83. The minimum Gasteiger partial charge on any atom is -0.346 e. The van der Waals surface area contributed by atoms with Gasteiger partial charge in [0.2, 0.25) is 0 Å². The summed E-state index contributed by atoms with van der Waals surface area (Å²) in [5, 5.41) is 2.76. The second-order valence-electron chi connectivity index (χ2n) is 12.1. The molecule has 2 atom stereocenters. The molecule has 39 heavy (non-hydrogen) atoms. The van der Waals surface area contributed by atoms with E-state index < -0.39 is 17.7 Å². The maximum Gasteiger partial charge on any atom is 0.312 e. The normalized spacial score (nSPS) is 23.1. The van der Waals surface area contributed by atoms with Gasteiger partial charge in [0, 0.05) is 38.8 Å². The zero-order valence-corrected chi connectivity index (χ0v) is 23.8. The number of piperazine rings is 2. The average Bonchev–Trinajstić information content (AvgIpc) is 2.93. The van der Waals surface area contributed by atoms with Crippen molar-refractivity contribution < 1.29 is 19.2 Å². The van der Waals surface area contributed by atoms with Crippen molar-refractivity contribution >= 4 is 23.6 Å². The van der Waals surface area contributed by atoms with E-state index in [-0.39, 0.29) is 18.0 Å². The van der Waals surface area contributed by atoms with Gasteiger partial charge in [-0.05, 0) is 62.3 Å². The first-order valence-corrected chi connectivity index (χ1v) is 15.1. The molecule has 0 aromatic heterocycles. The van der Waals surface area contributed by atoms with Crippen LogP contribution in [0.1, 0.15) is 77.2 Å². The van der Waals surface area contributed by atoms with Crippen molar-refractivity contribution in [2.45, 2.75) is 90.1 Å². The van der Waals surface area contributed by atoms with Crippen LogP contribution in [-0.2, 0) is 25.6 Å². The third-order valence-electron chi connectivity index (χ3n) is 8.62. The zero-order chi connectivity index (χ0) is 27.8. The van der Waals surface area contributed by atoms with Crippen LogP contribution in [0.4, 0.5) is 0 Å². The van der Waals surface area contributed by atoms with Crippen molar-refractivity contribution in [2.75, 3.05) is 32.7 Å². The van der Waals surface area contributed by atoms with Gasteiger partial charge in [-0.1, -0.05) is 63.4 Å². The van der Waals surface area contributed by atoms with Gasteiger partial charge in [-0.2, -0.15) is 0 Å². The minimum absolute atomic E-state index is 0.00187. The summed E-state index contributed by atoms with van der Waals surface area (Å²) >= 11 is 0. The molecule has 1 N–H and O–H groups in total. The predicted molar refractivity (Wildman–Crippen MR) is 151 cm³/mol. The molecule has 0 unspecified atom stereocenters. The van der Waals surface area contributed by atoms with Crippen LogP contribution in [0.15, 0.2) is 30.3 Å². The highest BCUT2D eigenvalue weighted by Crippen LogP contribution is 2.27. The maximum atomic E-state index is 13.2. The van der Waals surface area contributed by atoms with Crippen molar-refractivity contribution in [1.82, 2.24) is 20.0 Å². The van der Waals surface area contributed by atoms with E-state index in [1.54, 1.807) is 9.80 Å². The van der Waals surface area contributed by atoms with Crippen LogP contribution in [0, 0.1) is 11.8 Å². The average molecular weight is 539 g/mol. The van der Waals surface area contributed by atoms with Crippen LogP contribution in [-0.4, -0.2) is 83.1 Å². The van der Waals surface area contributed by atoms with Gasteiger partial charge in [0.15, 0.2) is 0 Å². The van der Waals surface area contributed by atoms with E-state index in [1.165, 1.54) is 24.8 Å². The largest absolute Gasteiger partial charge is 0.346 e. The number of amides is 4. The van der Waals surface area contributed by atoms with Crippen LogP contribution >= 0.6 is 0 Å². The first-order chi connectivity index (χ1) is 18.8. The molecule has 2 aliphatic heterocycles. The van der Waals surface area contributed by atoms with E-state index >= 15 is 0 Å². The molecular formula is C31H46N4O4. The summed E-state index contributed by atoms with van der Waals surface area (Å²) in [6.45, 7) is 7.15. The molecule has 0 radical (unpaired) electrons. The van der Waals surface area contributed by atoms with Crippen molar-refractivity contribution in [3.05, 3.63) is 35.9 Å². The molecule has 1 aromatic carbocycles. The summed E-state index contributed by atoms with van der Waals surface area (Å²) < 4.78 is 0. The van der Waals surface area contributed by atoms with Gasteiger partial charge < -0.3 is 20.0 Å². The Morgan fingerprint density at radius 1 is 0.846 bits per heavy atom. The second-order valence-corrected chi connectivity index (χ2v) is 12.1. The molecule has 8 heteroatoms. The van der Waals surface area contributed by atoms with Crippen molar-refractivity contribution in [2.24, 2.45) is 11.8 Å². The summed E-state index contributed by atoms with van der Waals surface area (Å²) in [5.74, 6) is -0.778. The first-order valence-electron chi connectivity index (χ1n) is 15.1. The lowest BCUT2D eigenvalue weighted by atomic mass is 9.88. The molecule has 1 saturated carbocycles. The molecule has 4 rings (SSSR count). The summed E-state index contributed by atoms with van der Waals surface area (Å²) in [6, 6.07) is 10.1. The van der Waals surface area contributed by atoms with Gasteiger partial charge in [0.05, 0.1) is 6.04 Å². The zero-order valence-electron chi connectivity index (χ0n) is 23.8. The van der Waals surface area contributed by atoms with Gasteiger partial charge in [0.1, 0.15) is 0 Å². The van der Waals surface area contributed by atoms with Crippen molar-refractivity contribution in [1.29, 1.82) is 0 Å². The van der Waals surface area contributed by atoms with Crippen LogP contribution < -0.4 is 5.32 Å². The van der Waals surface area contributed by atoms with Gasteiger partial charge in [-0.15, -0.1) is 0 Å². The molecule has 4 amide bonds. The van der Waals surface area contributed by atoms with E-state index in [1.807, 2.05) is 23.1 Å². The number of unbranched alkanes of at least 4 members (excludes halogenated alkanes) is 1. The summed E-state index contributed by atoms with van der Waals surface area (Å²) in [5.41, 5.74) is 1.17. The standard InChI is InChI=1S/C31H46N4O4/c1-23(2)19-27-22-33(30(38)31(39)34(27)18-16-24-11-5-3-6-12-24)17-10-9-15-26-20-32-28(36)29(37)35(26)21-25-13-7-4-8-14-25/h3,5-6,11-12,23,25-27H,4,7-10,13-22H2,1-2H3,(H,32,36)/t26-,27-/m0/s1. The Morgan fingerprint density at radius 2 is 1.59 bits per heavy atom. The Kier molecular flexibility index (Phi) is 10.4.